The van der Waals surface area contributed by atoms with E-state index in [1.165, 1.54) is 5.56 Å². The fourth-order valence-electron chi connectivity index (χ4n) is 4.54. The molecule has 0 radical (unpaired) electrons. The molecule has 158 valence electrons. The van der Waals surface area contributed by atoms with Crippen LogP contribution in [0.25, 0.3) is 0 Å². The van der Waals surface area contributed by atoms with Crippen LogP contribution in [0.5, 0.6) is 0 Å². The van der Waals surface area contributed by atoms with Gasteiger partial charge in [0, 0.05) is 12.3 Å². The first-order valence-corrected chi connectivity index (χ1v) is 11.1. The van der Waals surface area contributed by atoms with Gasteiger partial charge >= 0.3 is 0 Å². The molecule has 0 aliphatic carbocycles. The minimum absolute atomic E-state index is 0.0159. The van der Waals surface area contributed by atoms with E-state index < -0.39 is 0 Å². The molecule has 0 saturated heterocycles. The predicted octanol–water partition coefficient (Wildman–Crippen LogP) is 6.41. The number of hydrogen-bond donors (Lipinski definition) is 1. The van der Waals surface area contributed by atoms with Crippen LogP contribution in [0.2, 0.25) is 0 Å². The Bertz CT molecular complexity index is 1140. The molecule has 4 aromatic carbocycles. The Morgan fingerprint density at radius 1 is 0.750 bits per heavy atom. The lowest BCUT2D eigenvalue weighted by Gasteiger charge is -2.37. The van der Waals surface area contributed by atoms with Crippen LogP contribution in [0.3, 0.4) is 0 Å². The molecule has 4 aromatic rings. The lowest BCUT2D eigenvalue weighted by atomic mass is 9.88. The van der Waals surface area contributed by atoms with Gasteiger partial charge in [-0.1, -0.05) is 103 Å². The Kier molecular flexibility index (Phi) is 5.71. The van der Waals surface area contributed by atoms with Gasteiger partial charge in [0.1, 0.15) is 0 Å². The number of carbonyl (C=O) groups is 1. The molecule has 0 spiro atoms. The molecule has 1 unspecified atom stereocenters. The van der Waals surface area contributed by atoms with Crippen molar-refractivity contribution in [3.8, 4) is 0 Å². The zero-order valence-corrected chi connectivity index (χ0v) is 17.9. The summed E-state index contributed by atoms with van der Waals surface area (Å²) in [5, 5.41) is 3.62. The van der Waals surface area contributed by atoms with Gasteiger partial charge in [0.15, 0.2) is 0 Å². The Morgan fingerprint density at radius 3 is 1.91 bits per heavy atom. The molecular formula is C29H26N2O. The summed E-state index contributed by atoms with van der Waals surface area (Å²) in [5.74, 6) is 0.153. The standard InChI is InChI=1S/C29H26N2O/c32-29(20-25(22-12-4-1-5-13-22)23-14-6-2-7-15-23)31-21-27(24-16-8-3-9-17-24)30-26-18-10-11-19-28(26)31/h1-19,25,27,30H,20-21H2. The van der Waals surface area contributed by atoms with E-state index in [2.05, 4.69) is 47.8 Å². The van der Waals surface area contributed by atoms with E-state index in [1.807, 2.05) is 77.7 Å². The molecule has 0 bridgehead atoms. The van der Waals surface area contributed by atoms with Gasteiger partial charge in [-0.3, -0.25) is 4.79 Å². The molecule has 1 atom stereocenters. The molecule has 3 nitrogen and oxygen atoms in total. The summed E-state index contributed by atoms with van der Waals surface area (Å²) < 4.78 is 0. The Balaban J connectivity index is 1.47. The third-order valence-electron chi connectivity index (χ3n) is 6.18. The second kappa shape index (κ2) is 9.11. The van der Waals surface area contributed by atoms with Crippen LogP contribution in [0.1, 0.15) is 35.1 Å². The molecule has 1 aliphatic rings. The number of rotatable bonds is 5. The van der Waals surface area contributed by atoms with Crippen molar-refractivity contribution < 1.29 is 4.79 Å². The van der Waals surface area contributed by atoms with Gasteiger partial charge < -0.3 is 10.2 Å². The first-order valence-electron chi connectivity index (χ1n) is 11.1. The Hall–Kier alpha value is -3.85. The van der Waals surface area contributed by atoms with Gasteiger partial charge in [0.05, 0.1) is 24.0 Å². The fraction of sp³-hybridized carbons (Fsp3) is 0.138. The van der Waals surface area contributed by atoms with E-state index in [0.717, 1.165) is 22.5 Å². The number of nitrogens with zero attached hydrogens (tertiary/aromatic N) is 1. The molecule has 1 N–H and O–H groups in total. The number of hydrogen-bond acceptors (Lipinski definition) is 2. The maximum atomic E-state index is 13.8. The summed E-state index contributed by atoms with van der Waals surface area (Å²) in [6, 6.07) is 39.2. The average molecular weight is 419 g/mol. The monoisotopic (exact) mass is 418 g/mol. The quantitative estimate of drug-likeness (QED) is 0.406. The smallest absolute Gasteiger partial charge is 0.228 e. The van der Waals surface area contributed by atoms with Crippen LogP contribution in [0.15, 0.2) is 115 Å². The van der Waals surface area contributed by atoms with Crippen molar-refractivity contribution in [2.24, 2.45) is 0 Å². The summed E-state index contributed by atoms with van der Waals surface area (Å²) in [7, 11) is 0. The van der Waals surface area contributed by atoms with Crippen LogP contribution in [0, 0.1) is 0 Å². The summed E-state index contributed by atoms with van der Waals surface area (Å²) in [4.78, 5) is 15.8. The van der Waals surface area contributed by atoms with Crippen molar-refractivity contribution in [1.29, 1.82) is 0 Å². The third-order valence-corrected chi connectivity index (χ3v) is 6.18. The number of nitrogens with one attached hydrogen (secondary N) is 1. The summed E-state index contributed by atoms with van der Waals surface area (Å²) >= 11 is 0. The first kappa shape index (κ1) is 20.1. The maximum absolute atomic E-state index is 13.8. The highest BCUT2D eigenvalue weighted by Gasteiger charge is 2.30. The van der Waals surface area contributed by atoms with E-state index in [1.54, 1.807) is 0 Å². The van der Waals surface area contributed by atoms with Crippen LogP contribution < -0.4 is 10.2 Å². The minimum Gasteiger partial charge on any atom is -0.375 e. The minimum atomic E-state index is 0.0159. The maximum Gasteiger partial charge on any atom is 0.228 e. The highest BCUT2D eigenvalue weighted by atomic mass is 16.2. The molecule has 1 heterocycles. The summed E-state index contributed by atoms with van der Waals surface area (Å²) in [5.41, 5.74) is 5.45. The van der Waals surface area contributed by atoms with Gasteiger partial charge in [-0.25, -0.2) is 0 Å². The molecule has 3 heteroatoms. The van der Waals surface area contributed by atoms with E-state index in [-0.39, 0.29) is 17.9 Å². The van der Waals surface area contributed by atoms with E-state index in [0.29, 0.717) is 13.0 Å². The van der Waals surface area contributed by atoms with Gasteiger partial charge in [0.25, 0.3) is 0 Å². The van der Waals surface area contributed by atoms with Gasteiger partial charge in [-0.15, -0.1) is 0 Å². The number of anilines is 2. The number of para-hydroxylation sites is 2. The van der Waals surface area contributed by atoms with Crippen LogP contribution in [-0.2, 0) is 4.79 Å². The first-order chi connectivity index (χ1) is 15.8. The number of fused-ring (bicyclic) bond motifs is 1. The van der Waals surface area contributed by atoms with Crippen LogP contribution >= 0.6 is 0 Å². The summed E-state index contributed by atoms with van der Waals surface area (Å²) in [6.45, 7) is 0.607. The SMILES string of the molecule is O=C(CC(c1ccccc1)c1ccccc1)N1CC(c2ccccc2)Nc2ccccc21. The zero-order chi connectivity index (χ0) is 21.8. The van der Waals surface area contributed by atoms with Crippen molar-refractivity contribution in [2.45, 2.75) is 18.4 Å². The Labute approximate surface area is 189 Å². The van der Waals surface area contributed by atoms with Crippen LogP contribution in [0.4, 0.5) is 11.4 Å². The van der Waals surface area contributed by atoms with E-state index >= 15 is 0 Å². The molecule has 0 fully saturated rings. The van der Waals surface area contributed by atoms with E-state index in [4.69, 9.17) is 0 Å². The molecule has 1 amide bonds. The highest BCUT2D eigenvalue weighted by Crippen LogP contribution is 2.37. The lowest BCUT2D eigenvalue weighted by molar-refractivity contribution is -0.118. The lowest BCUT2D eigenvalue weighted by Crippen LogP contribution is -2.41. The number of benzene rings is 4. The highest BCUT2D eigenvalue weighted by molar-refractivity contribution is 5.98. The molecule has 0 aromatic heterocycles. The molecular weight excluding hydrogens is 392 g/mol. The van der Waals surface area contributed by atoms with Crippen LogP contribution in [-0.4, -0.2) is 12.5 Å². The van der Waals surface area contributed by atoms with Gasteiger partial charge in [-0.2, -0.15) is 0 Å². The summed E-state index contributed by atoms with van der Waals surface area (Å²) in [6.07, 6.45) is 0.421. The molecule has 0 saturated carbocycles. The fourth-order valence-corrected chi connectivity index (χ4v) is 4.54. The van der Waals surface area contributed by atoms with Crippen molar-refractivity contribution in [3.63, 3.8) is 0 Å². The molecule has 5 rings (SSSR count). The number of carbonyl (C=O) groups excluding carboxylic acids is 1. The van der Waals surface area contributed by atoms with Crippen molar-refractivity contribution in [3.05, 3.63) is 132 Å². The normalized spacial score (nSPS) is 15.2. The van der Waals surface area contributed by atoms with Gasteiger partial charge in [0.2, 0.25) is 5.91 Å². The molecule has 32 heavy (non-hydrogen) atoms. The number of amides is 1. The second-order valence-electron chi connectivity index (χ2n) is 8.21. The largest absolute Gasteiger partial charge is 0.375 e. The zero-order valence-electron chi connectivity index (χ0n) is 17.9. The third kappa shape index (κ3) is 4.15. The van der Waals surface area contributed by atoms with Crippen molar-refractivity contribution in [1.82, 2.24) is 0 Å². The van der Waals surface area contributed by atoms with Crippen molar-refractivity contribution >= 4 is 17.3 Å². The topological polar surface area (TPSA) is 32.3 Å². The van der Waals surface area contributed by atoms with Gasteiger partial charge in [-0.05, 0) is 28.8 Å². The predicted molar refractivity (Wildman–Crippen MR) is 131 cm³/mol. The Morgan fingerprint density at radius 2 is 1.28 bits per heavy atom. The van der Waals surface area contributed by atoms with Crippen molar-refractivity contribution in [2.75, 3.05) is 16.8 Å². The molecule has 1 aliphatic heterocycles. The van der Waals surface area contributed by atoms with E-state index in [9.17, 15) is 4.79 Å². The second-order valence-corrected chi connectivity index (χ2v) is 8.21. The average Bonchev–Trinajstić information content (AvgIpc) is 2.88.